The summed E-state index contributed by atoms with van der Waals surface area (Å²) in [5.74, 6) is -0.607. The van der Waals surface area contributed by atoms with Gasteiger partial charge in [-0.2, -0.15) is 8.42 Å². The Labute approximate surface area is 120 Å². The highest BCUT2D eigenvalue weighted by atomic mass is 32.2. The number of thioether (sulfide) groups is 1. The van der Waals surface area contributed by atoms with Gasteiger partial charge in [-0.05, 0) is 24.3 Å². The molecule has 106 valence electrons. The van der Waals surface area contributed by atoms with Crippen molar-refractivity contribution in [3.8, 4) is 0 Å². The van der Waals surface area contributed by atoms with Crippen LogP contribution in [0.5, 0.6) is 0 Å². The van der Waals surface area contributed by atoms with Crippen LogP contribution in [0.15, 0.2) is 46.2 Å². The first-order chi connectivity index (χ1) is 9.44. The van der Waals surface area contributed by atoms with Crippen molar-refractivity contribution >= 4 is 32.9 Å². The molecule has 0 aromatic heterocycles. The van der Waals surface area contributed by atoms with Crippen molar-refractivity contribution in [2.24, 2.45) is 4.40 Å². The molecular weight excluding hydrogens is 303 g/mol. The zero-order valence-corrected chi connectivity index (χ0v) is 12.0. The fraction of sp³-hybridized carbons (Fsp3) is 0.167. The molecule has 5 nitrogen and oxygen atoms in total. The summed E-state index contributed by atoms with van der Waals surface area (Å²) in [4.78, 5) is 12.7. The maximum Gasteiger partial charge on any atom is 0.284 e. The number of hydrogen-bond donors (Lipinski definition) is 0. The van der Waals surface area contributed by atoms with Crippen molar-refractivity contribution in [1.82, 2.24) is 4.90 Å². The predicted molar refractivity (Wildman–Crippen MR) is 75.4 cm³/mol. The predicted octanol–water partition coefficient (Wildman–Crippen LogP) is 1.63. The maximum absolute atomic E-state index is 12.8. The van der Waals surface area contributed by atoms with Crippen LogP contribution < -0.4 is 0 Å². The minimum absolute atomic E-state index is 0.110. The number of amides is 1. The number of halogens is 1. The van der Waals surface area contributed by atoms with E-state index in [1.807, 2.05) is 0 Å². The van der Waals surface area contributed by atoms with E-state index in [0.717, 1.165) is 36.0 Å². The molecule has 0 saturated carbocycles. The minimum Gasteiger partial charge on any atom is -0.286 e. The van der Waals surface area contributed by atoms with E-state index in [1.54, 1.807) is 0 Å². The number of carbonyl (C=O) groups excluding carboxylic acids is 1. The van der Waals surface area contributed by atoms with Gasteiger partial charge >= 0.3 is 0 Å². The van der Waals surface area contributed by atoms with Crippen molar-refractivity contribution in [2.45, 2.75) is 4.90 Å². The molecule has 1 amide bonds. The van der Waals surface area contributed by atoms with Crippen LogP contribution in [0.25, 0.3) is 0 Å². The molecule has 1 aromatic rings. The zero-order valence-electron chi connectivity index (χ0n) is 10.3. The molecule has 0 unspecified atom stereocenters. The van der Waals surface area contributed by atoms with Crippen molar-refractivity contribution in [2.75, 3.05) is 12.3 Å². The molecule has 0 bridgehead atoms. The van der Waals surface area contributed by atoms with E-state index in [1.165, 1.54) is 11.0 Å². The quantitative estimate of drug-likeness (QED) is 0.792. The highest BCUT2D eigenvalue weighted by molar-refractivity contribution is 8.15. The lowest BCUT2D eigenvalue weighted by Crippen LogP contribution is -2.30. The van der Waals surface area contributed by atoms with E-state index in [-0.39, 0.29) is 28.3 Å². The van der Waals surface area contributed by atoms with Gasteiger partial charge in [-0.25, -0.2) is 4.39 Å². The van der Waals surface area contributed by atoms with Gasteiger partial charge in [0.2, 0.25) is 5.91 Å². The summed E-state index contributed by atoms with van der Waals surface area (Å²) in [5, 5.41) is 0.110. The van der Waals surface area contributed by atoms with E-state index < -0.39 is 15.8 Å². The van der Waals surface area contributed by atoms with Gasteiger partial charge in [-0.3, -0.25) is 9.69 Å². The Morgan fingerprint density at radius 3 is 2.65 bits per heavy atom. The van der Waals surface area contributed by atoms with Crippen molar-refractivity contribution in [3.63, 3.8) is 0 Å². The second kappa shape index (κ2) is 5.76. The molecule has 1 saturated heterocycles. The number of benzene rings is 1. The summed E-state index contributed by atoms with van der Waals surface area (Å²) >= 11 is 1.05. The van der Waals surface area contributed by atoms with Crippen LogP contribution in [0.2, 0.25) is 0 Å². The second-order valence-corrected chi connectivity index (χ2v) is 6.43. The van der Waals surface area contributed by atoms with E-state index in [4.69, 9.17) is 0 Å². The monoisotopic (exact) mass is 314 g/mol. The second-order valence-electron chi connectivity index (χ2n) is 3.88. The molecule has 8 heteroatoms. The molecule has 1 aliphatic rings. The van der Waals surface area contributed by atoms with Gasteiger partial charge in [0.1, 0.15) is 5.82 Å². The Balaban J connectivity index is 2.35. The summed E-state index contributed by atoms with van der Waals surface area (Å²) in [6.07, 6.45) is 1.49. The molecule has 0 N–H and O–H groups in total. The van der Waals surface area contributed by atoms with Gasteiger partial charge in [-0.15, -0.1) is 11.0 Å². The lowest BCUT2D eigenvalue weighted by atomic mass is 10.4. The van der Waals surface area contributed by atoms with E-state index in [0.29, 0.717) is 0 Å². The van der Waals surface area contributed by atoms with Gasteiger partial charge in [0.05, 0.1) is 10.6 Å². The third kappa shape index (κ3) is 3.07. The SMILES string of the molecule is C=CCN1C(=O)CS/C1=N\S(=O)(=O)c1ccc(F)cc1. The van der Waals surface area contributed by atoms with Gasteiger partial charge < -0.3 is 0 Å². The number of rotatable bonds is 4. The number of amidine groups is 1. The fourth-order valence-corrected chi connectivity index (χ4v) is 3.67. The van der Waals surface area contributed by atoms with Gasteiger partial charge in [0.25, 0.3) is 10.0 Å². The largest absolute Gasteiger partial charge is 0.286 e. The van der Waals surface area contributed by atoms with Crippen LogP contribution in [0.4, 0.5) is 4.39 Å². The number of nitrogens with zero attached hydrogens (tertiary/aromatic N) is 2. The zero-order chi connectivity index (χ0) is 14.8. The Bertz CT molecular complexity index is 668. The summed E-state index contributed by atoms with van der Waals surface area (Å²) in [7, 11) is -3.96. The van der Waals surface area contributed by atoms with Crippen LogP contribution >= 0.6 is 11.8 Å². The smallest absolute Gasteiger partial charge is 0.284 e. The van der Waals surface area contributed by atoms with Crippen LogP contribution in [-0.4, -0.2) is 36.7 Å². The lowest BCUT2D eigenvalue weighted by Gasteiger charge is -2.12. The Hall–Kier alpha value is -1.67. The van der Waals surface area contributed by atoms with E-state index in [2.05, 4.69) is 11.0 Å². The van der Waals surface area contributed by atoms with Crippen LogP contribution in [-0.2, 0) is 14.8 Å². The first-order valence-corrected chi connectivity index (χ1v) is 8.01. The molecule has 0 aliphatic carbocycles. The topological polar surface area (TPSA) is 66.8 Å². The van der Waals surface area contributed by atoms with Gasteiger partial charge in [0, 0.05) is 6.54 Å². The summed E-state index contributed by atoms with van der Waals surface area (Å²) in [6.45, 7) is 3.71. The number of sulfonamides is 1. The maximum atomic E-state index is 12.8. The average Bonchev–Trinajstić information content (AvgIpc) is 2.72. The first-order valence-electron chi connectivity index (χ1n) is 5.58. The van der Waals surface area contributed by atoms with Gasteiger partial charge in [0.15, 0.2) is 5.17 Å². The van der Waals surface area contributed by atoms with Crippen molar-refractivity contribution < 1.29 is 17.6 Å². The lowest BCUT2D eigenvalue weighted by molar-refractivity contribution is -0.123. The third-order valence-electron chi connectivity index (χ3n) is 2.48. The molecular formula is C12H11FN2O3S2. The van der Waals surface area contributed by atoms with Crippen molar-refractivity contribution in [1.29, 1.82) is 0 Å². The highest BCUT2D eigenvalue weighted by Gasteiger charge is 2.29. The van der Waals surface area contributed by atoms with Crippen LogP contribution in [0.3, 0.4) is 0 Å². The Morgan fingerprint density at radius 1 is 1.40 bits per heavy atom. The molecule has 0 spiro atoms. The Morgan fingerprint density at radius 2 is 2.05 bits per heavy atom. The molecule has 1 aliphatic heterocycles. The fourth-order valence-electron chi connectivity index (χ4n) is 1.54. The molecule has 1 fully saturated rings. The standard InChI is InChI=1S/C12H11FN2O3S2/c1-2-7-15-11(16)8-19-12(15)14-20(17,18)10-5-3-9(13)4-6-10/h2-6H,1,7-8H2/b14-12-. The molecule has 2 rings (SSSR count). The Kier molecular flexibility index (Phi) is 4.24. The summed E-state index contributed by atoms with van der Waals surface area (Å²) in [6, 6.07) is 4.35. The third-order valence-corrected chi connectivity index (χ3v) is 4.84. The van der Waals surface area contributed by atoms with Crippen molar-refractivity contribution in [3.05, 3.63) is 42.7 Å². The first kappa shape index (κ1) is 14.7. The van der Waals surface area contributed by atoms with Crippen LogP contribution in [0, 0.1) is 5.82 Å². The molecule has 0 radical (unpaired) electrons. The highest BCUT2D eigenvalue weighted by Crippen LogP contribution is 2.22. The molecule has 1 heterocycles. The number of carbonyl (C=O) groups is 1. The van der Waals surface area contributed by atoms with Gasteiger partial charge in [-0.1, -0.05) is 17.8 Å². The van der Waals surface area contributed by atoms with E-state index in [9.17, 15) is 17.6 Å². The summed E-state index contributed by atoms with van der Waals surface area (Å²) < 4.78 is 40.6. The molecule has 0 atom stereocenters. The number of hydrogen-bond acceptors (Lipinski definition) is 4. The molecule has 1 aromatic carbocycles. The summed E-state index contributed by atoms with van der Waals surface area (Å²) in [5.41, 5.74) is 0. The van der Waals surface area contributed by atoms with E-state index >= 15 is 0 Å². The minimum atomic E-state index is -3.96. The average molecular weight is 314 g/mol. The normalized spacial score (nSPS) is 17.8. The van der Waals surface area contributed by atoms with Crippen LogP contribution in [0.1, 0.15) is 0 Å². The molecule has 20 heavy (non-hydrogen) atoms.